The maximum absolute atomic E-state index is 12.6. The molecule has 0 unspecified atom stereocenters. The van der Waals surface area contributed by atoms with Crippen LogP contribution in [0.5, 0.6) is 0 Å². The van der Waals surface area contributed by atoms with Crippen molar-refractivity contribution in [3.63, 3.8) is 0 Å². The first kappa shape index (κ1) is 14.7. The van der Waals surface area contributed by atoms with E-state index in [1.807, 2.05) is 37.3 Å². The molecule has 0 fully saturated rings. The van der Waals surface area contributed by atoms with Crippen molar-refractivity contribution < 1.29 is 9.72 Å². The van der Waals surface area contributed by atoms with Gasteiger partial charge in [0.2, 0.25) is 0 Å². The summed E-state index contributed by atoms with van der Waals surface area (Å²) in [7, 11) is 0. The van der Waals surface area contributed by atoms with Crippen molar-refractivity contribution in [3.8, 4) is 0 Å². The third-order valence-corrected chi connectivity index (χ3v) is 3.27. The van der Waals surface area contributed by atoms with Crippen molar-refractivity contribution in [2.45, 2.75) is 13.8 Å². The van der Waals surface area contributed by atoms with Crippen LogP contribution in [0, 0.1) is 17.0 Å². The van der Waals surface area contributed by atoms with Gasteiger partial charge in [-0.15, -0.1) is 0 Å². The summed E-state index contributed by atoms with van der Waals surface area (Å²) in [6.45, 7) is 4.05. The van der Waals surface area contributed by atoms with E-state index in [0.29, 0.717) is 17.7 Å². The van der Waals surface area contributed by atoms with E-state index >= 15 is 0 Å². The van der Waals surface area contributed by atoms with Crippen LogP contribution in [0.4, 0.5) is 11.4 Å². The highest BCUT2D eigenvalue weighted by atomic mass is 16.6. The van der Waals surface area contributed by atoms with E-state index in [1.165, 1.54) is 12.1 Å². The summed E-state index contributed by atoms with van der Waals surface area (Å²) in [5, 5.41) is 10.8. The summed E-state index contributed by atoms with van der Waals surface area (Å²) in [6.07, 6.45) is 0. The largest absolute Gasteiger partial charge is 0.309 e. The Morgan fingerprint density at radius 1 is 1.19 bits per heavy atom. The van der Waals surface area contributed by atoms with Crippen molar-refractivity contribution in [2.24, 2.45) is 0 Å². The fourth-order valence-electron chi connectivity index (χ4n) is 2.20. The molecule has 1 amide bonds. The summed E-state index contributed by atoms with van der Waals surface area (Å²) in [5.41, 5.74) is 1.76. The van der Waals surface area contributed by atoms with Gasteiger partial charge in [0.1, 0.15) is 0 Å². The van der Waals surface area contributed by atoms with Gasteiger partial charge in [-0.3, -0.25) is 14.9 Å². The molecule has 0 bridgehead atoms. The number of nitro groups is 1. The molecule has 5 heteroatoms. The summed E-state index contributed by atoms with van der Waals surface area (Å²) in [4.78, 5) is 24.6. The molecule has 0 heterocycles. The first-order valence-electron chi connectivity index (χ1n) is 6.66. The minimum atomic E-state index is -0.446. The highest BCUT2D eigenvalue weighted by molar-refractivity contribution is 6.06. The third-order valence-electron chi connectivity index (χ3n) is 3.27. The zero-order valence-electron chi connectivity index (χ0n) is 11.9. The molecule has 2 aromatic carbocycles. The predicted molar refractivity (Wildman–Crippen MR) is 81.6 cm³/mol. The van der Waals surface area contributed by atoms with Crippen LogP contribution in [0.3, 0.4) is 0 Å². The Morgan fingerprint density at radius 3 is 2.38 bits per heavy atom. The standard InChI is InChI=1S/C16H16N2O3/c1-3-17(14-7-5-4-6-8-14)16(19)13-9-10-15(18(20)21)12(2)11-13/h4-11H,3H2,1-2H3. The Kier molecular flexibility index (Phi) is 4.33. The lowest BCUT2D eigenvalue weighted by molar-refractivity contribution is -0.385. The smallest absolute Gasteiger partial charge is 0.272 e. The molecule has 0 saturated carbocycles. The van der Waals surface area contributed by atoms with Gasteiger partial charge in [0.05, 0.1) is 4.92 Å². The number of carbonyl (C=O) groups is 1. The number of aryl methyl sites for hydroxylation is 1. The van der Waals surface area contributed by atoms with Gasteiger partial charge in [0.15, 0.2) is 0 Å². The quantitative estimate of drug-likeness (QED) is 0.637. The van der Waals surface area contributed by atoms with Crippen molar-refractivity contribution in [3.05, 3.63) is 69.8 Å². The highest BCUT2D eigenvalue weighted by Crippen LogP contribution is 2.22. The molecule has 0 atom stereocenters. The maximum atomic E-state index is 12.6. The van der Waals surface area contributed by atoms with E-state index in [-0.39, 0.29) is 11.6 Å². The van der Waals surface area contributed by atoms with E-state index in [0.717, 1.165) is 5.69 Å². The van der Waals surface area contributed by atoms with Crippen LogP contribution in [-0.2, 0) is 0 Å². The van der Waals surface area contributed by atoms with Crippen molar-refractivity contribution in [1.82, 2.24) is 0 Å². The average Bonchev–Trinajstić information content (AvgIpc) is 2.48. The molecule has 108 valence electrons. The van der Waals surface area contributed by atoms with E-state index in [2.05, 4.69) is 0 Å². The molecule has 0 N–H and O–H groups in total. The van der Waals surface area contributed by atoms with Gasteiger partial charge < -0.3 is 4.90 Å². The zero-order valence-corrected chi connectivity index (χ0v) is 11.9. The van der Waals surface area contributed by atoms with Gasteiger partial charge >= 0.3 is 0 Å². The molecule has 0 saturated heterocycles. The molecular weight excluding hydrogens is 268 g/mol. The molecule has 0 aromatic heterocycles. The van der Waals surface area contributed by atoms with Crippen LogP contribution in [0.1, 0.15) is 22.8 Å². The van der Waals surface area contributed by atoms with E-state index in [1.54, 1.807) is 17.9 Å². The lowest BCUT2D eigenvalue weighted by Gasteiger charge is -2.21. The number of anilines is 1. The Labute approximate surface area is 123 Å². The minimum Gasteiger partial charge on any atom is -0.309 e. The molecule has 5 nitrogen and oxygen atoms in total. The van der Waals surface area contributed by atoms with Crippen molar-refractivity contribution in [1.29, 1.82) is 0 Å². The Bertz CT molecular complexity index is 668. The summed E-state index contributed by atoms with van der Waals surface area (Å²) in [6, 6.07) is 13.8. The molecule has 21 heavy (non-hydrogen) atoms. The molecular formula is C16H16N2O3. The second-order valence-electron chi connectivity index (χ2n) is 4.64. The number of amides is 1. The number of rotatable bonds is 4. The van der Waals surface area contributed by atoms with Gasteiger partial charge in [-0.1, -0.05) is 18.2 Å². The topological polar surface area (TPSA) is 63.5 Å². The predicted octanol–water partition coefficient (Wildman–Crippen LogP) is 3.57. The first-order chi connectivity index (χ1) is 10.0. The lowest BCUT2D eigenvalue weighted by atomic mass is 10.1. The van der Waals surface area contributed by atoms with Gasteiger partial charge in [-0.2, -0.15) is 0 Å². The highest BCUT2D eigenvalue weighted by Gasteiger charge is 2.18. The number of nitro benzene ring substituents is 1. The molecule has 0 spiro atoms. The molecule has 0 aliphatic carbocycles. The maximum Gasteiger partial charge on any atom is 0.272 e. The number of benzene rings is 2. The first-order valence-corrected chi connectivity index (χ1v) is 6.66. The van der Waals surface area contributed by atoms with Crippen LogP contribution in [0.2, 0.25) is 0 Å². The normalized spacial score (nSPS) is 10.2. The zero-order chi connectivity index (χ0) is 15.4. The molecule has 0 radical (unpaired) electrons. The fourth-order valence-corrected chi connectivity index (χ4v) is 2.20. The molecule has 0 aliphatic rings. The second kappa shape index (κ2) is 6.17. The van der Waals surface area contributed by atoms with Gasteiger partial charge in [-0.25, -0.2) is 0 Å². The van der Waals surface area contributed by atoms with Crippen molar-refractivity contribution in [2.75, 3.05) is 11.4 Å². The number of hydrogen-bond acceptors (Lipinski definition) is 3. The SMILES string of the molecule is CCN(C(=O)c1ccc([N+](=O)[O-])c(C)c1)c1ccccc1. The van der Waals surface area contributed by atoms with Crippen molar-refractivity contribution >= 4 is 17.3 Å². The average molecular weight is 284 g/mol. The van der Waals surface area contributed by atoms with E-state index in [9.17, 15) is 14.9 Å². The summed E-state index contributed by atoms with van der Waals surface area (Å²) >= 11 is 0. The summed E-state index contributed by atoms with van der Waals surface area (Å²) in [5.74, 6) is -0.165. The number of hydrogen-bond donors (Lipinski definition) is 0. The number of para-hydroxylation sites is 1. The van der Waals surface area contributed by atoms with Gasteiger partial charge in [0, 0.05) is 29.4 Å². The monoisotopic (exact) mass is 284 g/mol. The van der Waals surface area contributed by atoms with Crippen LogP contribution < -0.4 is 4.90 Å². The second-order valence-corrected chi connectivity index (χ2v) is 4.64. The Morgan fingerprint density at radius 2 is 1.86 bits per heavy atom. The van der Waals surface area contributed by atoms with E-state index in [4.69, 9.17) is 0 Å². The fraction of sp³-hybridized carbons (Fsp3) is 0.188. The van der Waals surface area contributed by atoms with E-state index < -0.39 is 4.92 Å². The van der Waals surface area contributed by atoms with Crippen LogP contribution in [0.15, 0.2) is 48.5 Å². The summed E-state index contributed by atoms with van der Waals surface area (Å²) < 4.78 is 0. The van der Waals surface area contributed by atoms with Crippen LogP contribution in [0.25, 0.3) is 0 Å². The van der Waals surface area contributed by atoms with Gasteiger partial charge in [0.25, 0.3) is 11.6 Å². The molecule has 2 rings (SSSR count). The number of carbonyl (C=O) groups excluding carboxylic acids is 1. The molecule has 2 aromatic rings. The molecule has 0 aliphatic heterocycles. The van der Waals surface area contributed by atoms with Crippen LogP contribution in [-0.4, -0.2) is 17.4 Å². The van der Waals surface area contributed by atoms with Gasteiger partial charge in [-0.05, 0) is 38.1 Å². The Balaban J connectivity index is 2.35. The number of nitrogens with zero attached hydrogens (tertiary/aromatic N) is 2. The lowest BCUT2D eigenvalue weighted by Crippen LogP contribution is -2.30. The van der Waals surface area contributed by atoms with Crippen LogP contribution >= 0.6 is 0 Å². The minimum absolute atomic E-state index is 0.0225. The third kappa shape index (κ3) is 3.08. The Hall–Kier alpha value is -2.69.